The third-order valence-electron chi connectivity index (χ3n) is 9.17. The average molecular weight is 563 g/mol. The molecule has 0 bridgehead atoms. The SMILES string of the molecule is Cc1cccc2c1oc1c(-c3ccc(-c4c5ccccc5c(-c5ccccc5)c5ccccc45)cc3)cc3ccccc3c12.[HH]. The fraction of sp³-hybridized carbons (Fsp3) is 0.0233. The highest BCUT2D eigenvalue weighted by Crippen LogP contribution is 2.45. The summed E-state index contributed by atoms with van der Waals surface area (Å²) in [4.78, 5) is 0. The van der Waals surface area contributed by atoms with Gasteiger partial charge in [0.25, 0.3) is 0 Å². The van der Waals surface area contributed by atoms with E-state index in [1.54, 1.807) is 0 Å². The van der Waals surface area contributed by atoms with Crippen LogP contribution in [0.15, 0.2) is 156 Å². The monoisotopic (exact) mass is 562 g/mol. The smallest absolute Gasteiger partial charge is 0.143 e. The number of rotatable bonds is 3. The summed E-state index contributed by atoms with van der Waals surface area (Å²) >= 11 is 0. The first-order chi connectivity index (χ1) is 21.8. The van der Waals surface area contributed by atoms with Gasteiger partial charge in [0.1, 0.15) is 11.2 Å². The molecule has 1 heteroatoms. The molecule has 0 aliphatic heterocycles. The fourth-order valence-electron chi connectivity index (χ4n) is 7.17. The second-order valence-corrected chi connectivity index (χ2v) is 11.7. The predicted octanol–water partition coefficient (Wildman–Crippen LogP) is 12.6. The highest BCUT2D eigenvalue weighted by molar-refractivity contribution is 6.23. The summed E-state index contributed by atoms with van der Waals surface area (Å²) in [5.41, 5.74) is 10.3. The summed E-state index contributed by atoms with van der Waals surface area (Å²) in [6.07, 6.45) is 0. The molecule has 0 saturated heterocycles. The van der Waals surface area contributed by atoms with E-state index in [1.807, 2.05) is 0 Å². The van der Waals surface area contributed by atoms with Crippen LogP contribution in [0.2, 0.25) is 0 Å². The molecular formula is C43H30O. The molecule has 9 aromatic rings. The lowest BCUT2D eigenvalue weighted by Crippen LogP contribution is -1.90. The van der Waals surface area contributed by atoms with Gasteiger partial charge in [-0.3, -0.25) is 0 Å². The molecule has 8 aromatic carbocycles. The normalized spacial score (nSPS) is 11.8. The van der Waals surface area contributed by atoms with Gasteiger partial charge in [-0.05, 0) is 78.7 Å². The molecule has 0 unspecified atom stereocenters. The van der Waals surface area contributed by atoms with E-state index in [0.29, 0.717) is 0 Å². The molecule has 1 heterocycles. The second kappa shape index (κ2) is 9.69. The van der Waals surface area contributed by atoms with E-state index in [9.17, 15) is 0 Å². The van der Waals surface area contributed by atoms with Gasteiger partial charge in [-0.2, -0.15) is 0 Å². The van der Waals surface area contributed by atoms with Crippen LogP contribution < -0.4 is 0 Å². The fourth-order valence-corrected chi connectivity index (χ4v) is 7.17. The second-order valence-electron chi connectivity index (χ2n) is 11.7. The molecule has 0 amide bonds. The van der Waals surface area contributed by atoms with Gasteiger partial charge >= 0.3 is 0 Å². The first kappa shape index (κ1) is 24.9. The van der Waals surface area contributed by atoms with Crippen LogP contribution >= 0.6 is 0 Å². The highest BCUT2D eigenvalue weighted by Gasteiger charge is 2.19. The Labute approximate surface area is 257 Å². The minimum atomic E-state index is 0. The molecule has 0 N–H and O–H groups in total. The van der Waals surface area contributed by atoms with Gasteiger partial charge in [0.2, 0.25) is 0 Å². The van der Waals surface area contributed by atoms with Gasteiger partial charge in [0.05, 0.1) is 0 Å². The van der Waals surface area contributed by atoms with Crippen LogP contribution in [0.4, 0.5) is 0 Å². The van der Waals surface area contributed by atoms with Crippen molar-refractivity contribution in [2.75, 3.05) is 0 Å². The Balaban J connectivity index is 0.00000300. The van der Waals surface area contributed by atoms with E-state index in [4.69, 9.17) is 4.42 Å². The summed E-state index contributed by atoms with van der Waals surface area (Å²) in [5.74, 6) is 0. The van der Waals surface area contributed by atoms with Gasteiger partial charge < -0.3 is 4.42 Å². The number of hydrogen-bond acceptors (Lipinski definition) is 1. The summed E-state index contributed by atoms with van der Waals surface area (Å²) in [7, 11) is 0. The zero-order valence-corrected chi connectivity index (χ0v) is 24.3. The number of hydrogen-bond donors (Lipinski definition) is 0. The van der Waals surface area contributed by atoms with Crippen molar-refractivity contribution in [3.05, 3.63) is 157 Å². The molecule has 208 valence electrons. The highest BCUT2D eigenvalue weighted by atomic mass is 16.3. The van der Waals surface area contributed by atoms with Crippen LogP contribution in [0, 0.1) is 6.92 Å². The van der Waals surface area contributed by atoms with Crippen molar-refractivity contribution in [1.82, 2.24) is 0 Å². The molecule has 0 fully saturated rings. The summed E-state index contributed by atoms with van der Waals surface area (Å²) in [6, 6.07) is 54.8. The maximum atomic E-state index is 6.66. The summed E-state index contributed by atoms with van der Waals surface area (Å²) in [6.45, 7) is 2.12. The standard InChI is InChI=1S/C43H28O.H2/c1-27-12-11-21-37-41-32-16-6-5-15-31(32)26-38(43(41)44-42(27)37)28-22-24-30(25-23-28)40-35-19-9-7-17-33(35)39(29-13-3-2-4-14-29)34-18-8-10-20-36(34)40;/h2-26H,1H3;1H. The van der Waals surface area contributed by atoms with Crippen LogP contribution in [0.1, 0.15) is 6.99 Å². The molecule has 9 rings (SSSR count). The zero-order valence-electron chi connectivity index (χ0n) is 24.3. The van der Waals surface area contributed by atoms with Gasteiger partial charge in [-0.15, -0.1) is 0 Å². The quantitative estimate of drug-likeness (QED) is 0.195. The molecule has 0 radical (unpaired) electrons. The Hall–Kier alpha value is -5.66. The predicted molar refractivity (Wildman–Crippen MR) is 189 cm³/mol. The number of benzene rings is 8. The Kier molecular flexibility index (Phi) is 5.48. The van der Waals surface area contributed by atoms with Crippen molar-refractivity contribution in [2.24, 2.45) is 0 Å². The van der Waals surface area contributed by atoms with E-state index in [-0.39, 0.29) is 1.43 Å². The first-order valence-electron chi connectivity index (χ1n) is 15.2. The van der Waals surface area contributed by atoms with Gasteiger partial charge in [0.15, 0.2) is 0 Å². The van der Waals surface area contributed by atoms with E-state index in [1.165, 1.54) is 65.3 Å². The summed E-state index contributed by atoms with van der Waals surface area (Å²) in [5, 5.41) is 9.87. The molecule has 0 aliphatic rings. The van der Waals surface area contributed by atoms with E-state index < -0.39 is 0 Å². The third kappa shape index (κ3) is 3.66. The van der Waals surface area contributed by atoms with Crippen LogP contribution in [-0.4, -0.2) is 0 Å². The van der Waals surface area contributed by atoms with Crippen LogP contribution in [0.25, 0.3) is 87.6 Å². The lowest BCUT2D eigenvalue weighted by Gasteiger charge is -2.18. The topological polar surface area (TPSA) is 13.1 Å². The van der Waals surface area contributed by atoms with Crippen molar-refractivity contribution < 1.29 is 5.84 Å². The Morgan fingerprint density at radius 3 is 1.55 bits per heavy atom. The molecule has 0 spiro atoms. The molecule has 0 saturated carbocycles. The molecule has 1 aromatic heterocycles. The van der Waals surface area contributed by atoms with Crippen LogP contribution in [-0.2, 0) is 0 Å². The van der Waals surface area contributed by atoms with Gasteiger partial charge in [-0.25, -0.2) is 0 Å². The summed E-state index contributed by atoms with van der Waals surface area (Å²) < 4.78 is 6.66. The van der Waals surface area contributed by atoms with Crippen LogP contribution in [0.3, 0.4) is 0 Å². The van der Waals surface area contributed by atoms with E-state index in [0.717, 1.165) is 27.9 Å². The maximum absolute atomic E-state index is 6.66. The molecule has 44 heavy (non-hydrogen) atoms. The van der Waals surface area contributed by atoms with Crippen molar-refractivity contribution in [1.29, 1.82) is 0 Å². The van der Waals surface area contributed by atoms with Crippen molar-refractivity contribution in [2.45, 2.75) is 6.92 Å². The number of fused-ring (bicyclic) bond motifs is 7. The molecule has 0 atom stereocenters. The van der Waals surface area contributed by atoms with E-state index >= 15 is 0 Å². The zero-order chi connectivity index (χ0) is 29.2. The Morgan fingerprint density at radius 2 is 0.909 bits per heavy atom. The van der Waals surface area contributed by atoms with Gasteiger partial charge in [0, 0.05) is 17.8 Å². The molecular weight excluding hydrogens is 532 g/mol. The largest absolute Gasteiger partial charge is 0.455 e. The lowest BCUT2D eigenvalue weighted by molar-refractivity contribution is 0.667. The maximum Gasteiger partial charge on any atom is 0.143 e. The number of furan rings is 1. The third-order valence-corrected chi connectivity index (χ3v) is 9.17. The van der Waals surface area contributed by atoms with Crippen molar-refractivity contribution >= 4 is 54.3 Å². The van der Waals surface area contributed by atoms with Crippen molar-refractivity contribution in [3.8, 4) is 33.4 Å². The molecule has 0 aliphatic carbocycles. The van der Waals surface area contributed by atoms with E-state index in [2.05, 4.69) is 159 Å². The number of aryl methyl sites for hydroxylation is 1. The molecule has 1 nitrogen and oxygen atoms in total. The van der Waals surface area contributed by atoms with Crippen molar-refractivity contribution in [3.63, 3.8) is 0 Å². The van der Waals surface area contributed by atoms with Gasteiger partial charge in [-0.1, -0.05) is 146 Å². The average Bonchev–Trinajstić information content (AvgIpc) is 3.49. The first-order valence-corrected chi connectivity index (χ1v) is 15.2. The lowest BCUT2D eigenvalue weighted by atomic mass is 9.85. The minimum Gasteiger partial charge on any atom is -0.455 e. The Bertz CT molecular complexity index is 2480. The minimum absolute atomic E-state index is 0. The number of para-hydroxylation sites is 1. The Morgan fingerprint density at radius 1 is 0.409 bits per heavy atom. The van der Waals surface area contributed by atoms with Crippen LogP contribution in [0.5, 0.6) is 0 Å².